The van der Waals surface area contributed by atoms with Gasteiger partial charge in [-0.05, 0) is 59.2 Å². The topological polar surface area (TPSA) is 59.5 Å². The van der Waals surface area contributed by atoms with Crippen molar-refractivity contribution in [2.45, 2.75) is 0 Å². The Balaban J connectivity index is 0.00000241. The third-order valence-corrected chi connectivity index (χ3v) is 5.96. The highest BCUT2D eigenvalue weighted by Gasteiger charge is 2.17. The fourth-order valence-electron chi connectivity index (χ4n) is 4.13. The molecule has 1 aliphatic heterocycles. The van der Waals surface area contributed by atoms with Gasteiger partial charge in [-0.2, -0.15) is 5.26 Å². The van der Waals surface area contributed by atoms with Crippen molar-refractivity contribution < 1.29 is 9.47 Å². The fraction of sp³-hybridized carbons (Fsp3) is 0.0370. The van der Waals surface area contributed by atoms with Gasteiger partial charge in [0.15, 0.2) is 17.1 Å². The summed E-state index contributed by atoms with van der Waals surface area (Å²) in [4.78, 5) is 4.80. The van der Waals surface area contributed by atoms with Gasteiger partial charge in [0, 0.05) is 5.02 Å². The molecule has 0 atom stereocenters. The second-order valence-corrected chi connectivity index (χ2v) is 8.12. The molecule has 2 aromatic heterocycles. The largest absolute Gasteiger partial charge is 0.454 e. The third kappa shape index (κ3) is 3.63. The molecule has 0 N–H and O–H groups in total. The standard InChI is InChI=1S/C27H16ClN3O2.ClH/c28-20-10-8-18(9-11-20)24-14-19(7-5-17-6-12-25-26(13-17)33-16-32-25)21(15-29)27-30-22-3-1-2-4-23(22)31(24)27;/h1-14H,16H2;1H. The summed E-state index contributed by atoms with van der Waals surface area (Å²) in [5.41, 5.74) is 6.56. The van der Waals surface area contributed by atoms with Crippen molar-refractivity contribution in [3.63, 3.8) is 0 Å². The van der Waals surface area contributed by atoms with Gasteiger partial charge in [0.1, 0.15) is 11.6 Å². The minimum Gasteiger partial charge on any atom is -0.454 e. The lowest BCUT2D eigenvalue weighted by atomic mass is 10.0. The summed E-state index contributed by atoms with van der Waals surface area (Å²) in [6.45, 7) is 0.232. The first-order chi connectivity index (χ1) is 16.2. The Hall–Kier alpha value is -3.98. The van der Waals surface area contributed by atoms with Crippen molar-refractivity contribution in [2.75, 3.05) is 6.79 Å². The highest BCUT2D eigenvalue weighted by molar-refractivity contribution is 6.30. The van der Waals surface area contributed by atoms with Crippen molar-refractivity contribution in [3.8, 4) is 28.8 Å². The van der Waals surface area contributed by atoms with Crippen LogP contribution in [0.5, 0.6) is 11.5 Å². The molecule has 3 aromatic carbocycles. The summed E-state index contributed by atoms with van der Waals surface area (Å²) >= 11 is 6.14. The van der Waals surface area contributed by atoms with E-state index in [-0.39, 0.29) is 19.2 Å². The van der Waals surface area contributed by atoms with Crippen LogP contribution in [0.15, 0.2) is 72.8 Å². The summed E-state index contributed by atoms with van der Waals surface area (Å²) in [6, 6.07) is 25.7. The maximum atomic E-state index is 10.1. The van der Waals surface area contributed by atoms with Gasteiger partial charge < -0.3 is 9.47 Å². The lowest BCUT2D eigenvalue weighted by Gasteiger charge is -2.11. The highest BCUT2D eigenvalue weighted by Crippen LogP contribution is 2.34. The molecule has 0 saturated carbocycles. The second kappa shape index (κ2) is 8.75. The zero-order chi connectivity index (χ0) is 22.4. The molecule has 34 heavy (non-hydrogen) atoms. The number of hydrogen-bond acceptors (Lipinski definition) is 4. The van der Waals surface area contributed by atoms with Crippen molar-refractivity contribution in [1.29, 1.82) is 5.26 Å². The first-order valence-electron chi connectivity index (χ1n) is 10.4. The molecule has 5 aromatic rings. The molecule has 0 spiro atoms. The lowest BCUT2D eigenvalue weighted by Crippen LogP contribution is -1.98. The molecule has 6 rings (SSSR count). The first kappa shape index (κ1) is 21.8. The van der Waals surface area contributed by atoms with Crippen LogP contribution in [0.2, 0.25) is 5.02 Å². The van der Waals surface area contributed by atoms with E-state index in [4.69, 9.17) is 26.1 Å². The van der Waals surface area contributed by atoms with Gasteiger partial charge >= 0.3 is 0 Å². The van der Waals surface area contributed by atoms with E-state index >= 15 is 0 Å². The van der Waals surface area contributed by atoms with E-state index in [9.17, 15) is 5.26 Å². The Labute approximate surface area is 206 Å². The molecular weight excluding hydrogens is 469 g/mol. The summed E-state index contributed by atoms with van der Waals surface area (Å²) in [6.07, 6.45) is 3.90. The number of aromatic nitrogens is 2. The van der Waals surface area contributed by atoms with Crippen LogP contribution in [0, 0.1) is 11.3 Å². The van der Waals surface area contributed by atoms with Crippen molar-refractivity contribution in [3.05, 3.63) is 94.5 Å². The molecule has 0 saturated heterocycles. The Morgan fingerprint density at radius 1 is 0.941 bits per heavy atom. The maximum Gasteiger partial charge on any atom is 0.231 e. The average molecular weight is 486 g/mol. The molecule has 0 aliphatic carbocycles. The van der Waals surface area contributed by atoms with Crippen LogP contribution in [0.3, 0.4) is 0 Å². The van der Waals surface area contributed by atoms with Gasteiger partial charge in [0.05, 0.1) is 16.7 Å². The van der Waals surface area contributed by atoms with E-state index in [0.29, 0.717) is 16.2 Å². The van der Waals surface area contributed by atoms with E-state index in [1.165, 1.54) is 0 Å². The lowest BCUT2D eigenvalue weighted by molar-refractivity contribution is 0.174. The number of ether oxygens (including phenoxy) is 2. The van der Waals surface area contributed by atoms with E-state index in [0.717, 1.165) is 44.9 Å². The van der Waals surface area contributed by atoms with Crippen LogP contribution < -0.4 is 9.47 Å². The normalized spacial score (nSPS) is 12.2. The smallest absolute Gasteiger partial charge is 0.231 e. The number of fused-ring (bicyclic) bond motifs is 4. The number of imidazole rings is 1. The van der Waals surface area contributed by atoms with Gasteiger partial charge in [0.2, 0.25) is 6.79 Å². The predicted molar refractivity (Wildman–Crippen MR) is 137 cm³/mol. The van der Waals surface area contributed by atoms with Crippen molar-refractivity contribution in [2.24, 2.45) is 0 Å². The Bertz CT molecular complexity index is 1620. The second-order valence-electron chi connectivity index (χ2n) is 7.68. The molecule has 7 heteroatoms. The van der Waals surface area contributed by atoms with Crippen LogP contribution in [0.25, 0.3) is 40.1 Å². The summed E-state index contributed by atoms with van der Waals surface area (Å²) < 4.78 is 12.9. The quantitative estimate of drug-likeness (QED) is 0.276. The number of halogens is 2. The van der Waals surface area contributed by atoms with Crippen LogP contribution in [0.1, 0.15) is 16.7 Å². The van der Waals surface area contributed by atoms with Gasteiger partial charge in [-0.3, -0.25) is 4.40 Å². The van der Waals surface area contributed by atoms with Crippen LogP contribution in [-0.2, 0) is 0 Å². The molecule has 3 heterocycles. The number of hydrogen-bond donors (Lipinski definition) is 0. The average Bonchev–Trinajstić information content (AvgIpc) is 3.47. The summed E-state index contributed by atoms with van der Waals surface area (Å²) in [5.74, 6) is 1.45. The molecule has 1 aliphatic rings. The van der Waals surface area contributed by atoms with Crippen LogP contribution >= 0.6 is 24.0 Å². The number of pyridine rings is 1. The molecule has 0 unspecified atom stereocenters. The summed E-state index contributed by atoms with van der Waals surface area (Å²) in [7, 11) is 0. The Morgan fingerprint density at radius 3 is 2.56 bits per heavy atom. The number of nitriles is 1. The van der Waals surface area contributed by atoms with Crippen LogP contribution in [-0.4, -0.2) is 16.2 Å². The molecule has 0 amide bonds. The van der Waals surface area contributed by atoms with Gasteiger partial charge in [-0.15, -0.1) is 12.4 Å². The van der Waals surface area contributed by atoms with Crippen LogP contribution in [0.4, 0.5) is 0 Å². The maximum absolute atomic E-state index is 10.1. The van der Waals surface area contributed by atoms with E-state index in [1.54, 1.807) is 0 Å². The van der Waals surface area contributed by atoms with Gasteiger partial charge in [-0.25, -0.2) is 4.98 Å². The minimum absolute atomic E-state index is 0. The number of rotatable bonds is 3. The van der Waals surface area contributed by atoms with E-state index < -0.39 is 0 Å². The van der Waals surface area contributed by atoms with Crippen molar-refractivity contribution >= 4 is 52.8 Å². The van der Waals surface area contributed by atoms with Gasteiger partial charge in [-0.1, -0.05) is 54.1 Å². The molecule has 0 fully saturated rings. The Kier molecular flexibility index (Phi) is 5.62. The zero-order valence-corrected chi connectivity index (χ0v) is 19.3. The molecule has 5 nitrogen and oxygen atoms in total. The van der Waals surface area contributed by atoms with E-state index in [2.05, 4.69) is 6.07 Å². The molecule has 0 radical (unpaired) electrons. The summed E-state index contributed by atoms with van der Waals surface area (Å²) in [5, 5.41) is 10.7. The number of para-hydroxylation sites is 2. The van der Waals surface area contributed by atoms with Gasteiger partial charge in [0.25, 0.3) is 0 Å². The first-order valence-corrected chi connectivity index (χ1v) is 10.8. The Morgan fingerprint density at radius 2 is 1.74 bits per heavy atom. The molecule has 0 bridgehead atoms. The molecular formula is C27H17Cl2N3O2. The highest BCUT2D eigenvalue weighted by atomic mass is 35.5. The van der Waals surface area contributed by atoms with E-state index in [1.807, 2.05) is 89.3 Å². The number of benzene rings is 3. The SMILES string of the molecule is Cl.N#Cc1c(C=Cc2ccc3c(c2)OCO3)cc(-c2ccc(Cl)cc2)n2c1nc1ccccc12. The fourth-order valence-corrected chi connectivity index (χ4v) is 4.26. The number of nitrogens with zero attached hydrogens (tertiary/aromatic N) is 3. The minimum atomic E-state index is 0. The predicted octanol–water partition coefficient (Wildman–Crippen LogP) is 7.00. The van der Waals surface area contributed by atoms with Crippen molar-refractivity contribution in [1.82, 2.24) is 9.38 Å². The monoisotopic (exact) mass is 485 g/mol. The zero-order valence-electron chi connectivity index (χ0n) is 17.7. The molecule has 166 valence electrons. The third-order valence-electron chi connectivity index (χ3n) is 5.71.